The molecule has 0 bridgehead atoms. The molecular weight excluding hydrogens is 150 g/mol. The molecule has 1 heterocycles. The van der Waals surface area contributed by atoms with Crippen molar-refractivity contribution in [1.82, 2.24) is 4.90 Å². The Morgan fingerprint density at radius 2 is 2.17 bits per heavy atom. The lowest BCUT2D eigenvalue weighted by molar-refractivity contribution is 0.177. The molecular formula is C10H21NO. The topological polar surface area (TPSA) is 23.5 Å². The van der Waals surface area contributed by atoms with Crippen molar-refractivity contribution < 1.29 is 5.11 Å². The van der Waals surface area contributed by atoms with Crippen LogP contribution in [-0.2, 0) is 0 Å². The number of hydrogen-bond acceptors (Lipinski definition) is 2. The second-order valence-electron chi connectivity index (χ2n) is 3.77. The summed E-state index contributed by atoms with van der Waals surface area (Å²) in [5.41, 5.74) is 0. The summed E-state index contributed by atoms with van der Waals surface area (Å²) in [6.45, 7) is 6.38. The Balaban J connectivity index is 2.30. The van der Waals surface area contributed by atoms with Crippen LogP contribution < -0.4 is 0 Å². The minimum atomic E-state index is -0.0631. The zero-order valence-corrected chi connectivity index (χ0v) is 8.29. The van der Waals surface area contributed by atoms with Crippen LogP contribution in [0.5, 0.6) is 0 Å². The van der Waals surface area contributed by atoms with Crippen molar-refractivity contribution in [3.8, 4) is 0 Å². The molecule has 1 aliphatic heterocycles. The third kappa shape index (κ3) is 2.46. The second kappa shape index (κ2) is 4.83. The summed E-state index contributed by atoms with van der Waals surface area (Å²) < 4.78 is 0. The molecule has 0 saturated carbocycles. The number of unbranched alkanes of at least 4 members (excludes halogenated alkanes) is 1. The highest BCUT2D eigenvalue weighted by Crippen LogP contribution is 2.21. The zero-order chi connectivity index (χ0) is 8.97. The predicted molar refractivity (Wildman–Crippen MR) is 51.2 cm³/mol. The molecule has 2 atom stereocenters. The molecule has 1 fully saturated rings. The maximum absolute atomic E-state index is 9.46. The summed E-state index contributed by atoms with van der Waals surface area (Å²) in [6.07, 6.45) is 4.76. The summed E-state index contributed by atoms with van der Waals surface area (Å²) in [4.78, 5) is 2.40. The molecule has 72 valence electrons. The van der Waals surface area contributed by atoms with Gasteiger partial charge in [0.25, 0.3) is 0 Å². The maximum atomic E-state index is 9.46. The lowest BCUT2D eigenvalue weighted by Crippen LogP contribution is -2.29. The van der Waals surface area contributed by atoms with E-state index in [1.165, 1.54) is 19.3 Å². The Labute approximate surface area is 75.6 Å². The molecule has 1 aliphatic rings. The molecule has 0 aliphatic carbocycles. The summed E-state index contributed by atoms with van der Waals surface area (Å²) in [7, 11) is 0. The van der Waals surface area contributed by atoms with Gasteiger partial charge in [0.15, 0.2) is 0 Å². The molecule has 0 aromatic rings. The SMILES string of the molecule is CCCC[C@@H]1C[C@@H](O)CN1CC. The van der Waals surface area contributed by atoms with Crippen molar-refractivity contribution >= 4 is 0 Å². The number of hydrogen-bond donors (Lipinski definition) is 1. The van der Waals surface area contributed by atoms with Gasteiger partial charge in [0.05, 0.1) is 6.10 Å². The van der Waals surface area contributed by atoms with Crippen LogP contribution in [0.15, 0.2) is 0 Å². The lowest BCUT2D eigenvalue weighted by atomic mass is 10.1. The van der Waals surface area contributed by atoms with Crippen LogP contribution >= 0.6 is 0 Å². The fraction of sp³-hybridized carbons (Fsp3) is 1.00. The number of likely N-dealkylation sites (tertiary alicyclic amines) is 1. The van der Waals surface area contributed by atoms with Gasteiger partial charge in [-0.05, 0) is 19.4 Å². The summed E-state index contributed by atoms with van der Waals surface area (Å²) in [5, 5.41) is 9.46. The number of aliphatic hydroxyl groups is 1. The Morgan fingerprint density at radius 1 is 1.42 bits per heavy atom. The Kier molecular flexibility index (Phi) is 4.02. The van der Waals surface area contributed by atoms with E-state index in [1.54, 1.807) is 0 Å². The fourth-order valence-corrected chi connectivity index (χ4v) is 2.08. The van der Waals surface area contributed by atoms with Gasteiger partial charge in [0.1, 0.15) is 0 Å². The van der Waals surface area contributed by atoms with Gasteiger partial charge in [-0.2, -0.15) is 0 Å². The molecule has 2 nitrogen and oxygen atoms in total. The minimum absolute atomic E-state index is 0.0631. The van der Waals surface area contributed by atoms with E-state index in [0.29, 0.717) is 6.04 Å². The highest BCUT2D eigenvalue weighted by atomic mass is 16.3. The first-order chi connectivity index (χ1) is 5.77. The molecule has 12 heavy (non-hydrogen) atoms. The second-order valence-corrected chi connectivity index (χ2v) is 3.77. The van der Waals surface area contributed by atoms with E-state index in [2.05, 4.69) is 18.7 Å². The van der Waals surface area contributed by atoms with E-state index in [1.807, 2.05) is 0 Å². The van der Waals surface area contributed by atoms with Crippen molar-refractivity contribution in [1.29, 1.82) is 0 Å². The number of likely N-dealkylation sites (N-methyl/N-ethyl adjacent to an activating group) is 1. The van der Waals surface area contributed by atoms with Gasteiger partial charge in [-0.3, -0.25) is 4.90 Å². The molecule has 0 aromatic heterocycles. The normalized spacial score (nSPS) is 31.2. The maximum Gasteiger partial charge on any atom is 0.0682 e. The molecule has 0 spiro atoms. The van der Waals surface area contributed by atoms with E-state index in [9.17, 15) is 5.11 Å². The highest BCUT2D eigenvalue weighted by molar-refractivity contribution is 4.83. The average Bonchev–Trinajstić information content (AvgIpc) is 2.42. The molecule has 0 amide bonds. The molecule has 2 heteroatoms. The molecule has 1 saturated heterocycles. The van der Waals surface area contributed by atoms with Crippen molar-refractivity contribution in [3.05, 3.63) is 0 Å². The molecule has 0 aromatic carbocycles. The van der Waals surface area contributed by atoms with E-state index in [0.717, 1.165) is 19.5 Å². The first-order valence-corrected chi connectivity index (χ1v) is 5.20. The largest absolute Gasteiger partial charge is 0.392 e. The van der Waals surface area contributed by atoms with Crippen LogP contribution in [0.1, 0.15) is 39.5 Å². The summed E-state index contributed by atoms with van der Waals surface area (Å²) in [6, 6.07) is 0.657. The van der Waals surface area contributed by atoms with Gasteiger partial charge in [-0.15, -0.1) is 0 Å². The van der Waals surface area contributed by atoms with Crippen LogP contribution in [0.4, 0.5) is 0 Å². The molecule has 0 unspecified atom stereocenters. The molecule has 0 radical (unpaired) electrons. The van der Waals surface area contributed by atoms with E-state index in [4.69, 9.17) is 0 Å². The number of β-amino-alcohol motifs (C(OH)–C–C–N with tert-alkyl or cyclic N) is 1. The average molecular weight is 171 g/mol. The lowest BCUT2D eigenvalue weighted by Gasteiger charge is -2.21. The van der Waals surface area contributed by atoms with Crippen LogP contribution in [0.3, 0.4) is 0 Å². The third-order valence-corrected chi connectivity index (χ3v) is 2.80. The first kappa shape index (κ1) is 10.0. The van der Waals surface area contributed by atoms with Crippen molar-refractivity contribution in [3.63, 3.8) is 0 Å². The monoisotopic (exact) mass is 171 g/mol. The van der Waals surface area contributed by atoms with Crippen LogP contribution in [0.2, 0.25) is 0 Å². The van der Waals surface area contributed by atoms with Crippen molar-refractivity contribution in [2.75, 3.05) is 13.1 Å². The van der Waals surface area contributed by atoms with Crippen LogP contribution in [0.25, 0.3) is 0 Å². The fourth-order valence-electron chi connectivity index (χ4n) is 2.08. The third-order valence-electron chi connectivity index (χ3n) is 2.80. The number of rotatable bonds is 4. The smallest absolute Gasteiger partial charge is 0.0682 e. The van der Waals surface area contributed by atoms with Gasteiger partial charge < -0.3 is 5.11 Å². The Bertz CT molecular complexity index is 127. The standard InChI is InChI=1S/C10H21NO/c1-3-5-6-9-7-10(12)8-11(9)4-2/h9-10,12H,3-8H2,1-2H3/t9-,10-/m1/s1. The summed E-state index contributed by atoms with van der Waals surface area (Å²) >= 11 is 0. The van der Waals surface area contributed by atoms with Gasteiger partial charge in [-0.25, -0.2) is 0 Å². The van der Waals surface area contributed by atoms with Crippen LogP contribution in [-0.4, -0.2) is 35.2 Å². The minimum Gasteiger partial charge on any atom is -0.392 e. The van der Waals surface area contributed by atoms with Crippen LogP contribution in [0, 0.1) is 0 Å². The predicted octanol–water partition coefficient (Wildman–Crippen LogP) is 1.63. The highest BCUT2D eigenvalue weighted by Gasteiger charge is 2.28. The van der Waals surface area contributed by atoms with Gasteiger partial charge in [-0.1, -0.05) is 26.7 Å². The first-order valence-electron chi connectivity index (χ1n) is 5.20. The number of nitrogens with zero attached hydrogens (tertiary/aromatic N) is 1. The summed E-state index contributed by atoms with van der Waals surface area (Å²) in [5.74, 6) is 0. The Hall–Kier alpha value is -0.0800. The van der Waals surface area contributed by atoms with E-state index < -0.39 is 0 Å². The molecule has 1 rings (SSSR count). The van der Waals surface area contributed by atoms with Crippen molar-refractivity contribution in [2.45, 2.75) is 51.7 Å². The van der Waals surface area contributed by atoms with Gasteiger partial charge in [0.2, 0.25) is 0 Å². The van der Waals surface area contributed by atoms with Gasteiger partial charge in [0, 0.05) is 12.6 Å². The molecule has 1 N–H and O–H groups in total. The number of aliphatic hydroxyl groups excluding tert-OH is 1. The van der Waals surface area contributed by atoms with E-state index >= 15 is 0 Å². The zero-order valence-electron chi connectivity index (χ0n) is 8.29. The van der Waals surface area contributed by atoms with Crippen molar-refractivity contribution in [2.24, 2.45) is 0 Å². The quantitative estimate of drug-likeness (QED) is 0.695. The van der Waals surface area contributed by atoms with Gasteiger partial charge >= 0.3 is 0 Å². The Morgan fingerprint density at radius 3 is 2.75 bits per heavy atom. The van der Waals surface area contributed by atoms with E-state index in [-0.39, 0.29) is 6.10 Å².